The zero-order valence-corrected chi connectivity index (χ0v) is 11.1. The highest BCUT2D eigenvalue weighted by Gasteiger charge is 2.16. The van der Waals surface area contributed by atoms with Gasteiger partial charge in [0.05, 0.1) is 12.4 Å². The molecule has 0 saturated carbocycles. The van der Waals surface area contributed by atoms with Crippen molar-refractivity contribution in [3.63, 3.8) is 0 Å². The Labute approximate surface area is 113 Å². The highest BCUT2D eigenvalue weighted by atomic mass is 35.5. The van der Waals surface area contributed by atoms with Gasteiger partial charge in [-0.05, 0) is 0 Å². The van der Waals surface area contributed by atoms with E-state index in [1.165, 1.54) is 29.0 Å². The molecular weight excluding hydrogens is 277 g/mol. The second-order valence-electron chi connectivity index (χ2n) is 3.53. The molecule has 2 rings (SSSR count). The minimum Gasteiger partial charge on any atom is -0.312 e. The molecule has 0 atom stereocenters. The van der Waals surface area contributed by atoms with Crippen molar-refractivity contribution in [1.82, 2.24) is 19.7 Å². The van der Waals surface area contributed by atoms with Crippen LogP contribution >= 0.6 is 23.2 Å². The number of aromatic nitrogens is 4. The summed E-state index contributed by atoms with van der Waals surface area (Å²) in [4.78, 5) is 20.4. The Kier molecular flexibility index (Phi) is 3.49. The normalized spacial score (nSPS) is 10.4. The van der Waals surface area contributed by atoms with Crippen LogP contribution in [-0.2, 0) is 4.79 Å². The summed E-state index contributed by atoms with van der Waals surface area (Å²) < 4.78 is 1.43. The Balaban J connectivity index is 2.47. The lowest BCUT2D eigenvalue weighted by Gasteiger charge is -2.11. The Bertz CT molecular complexity index is 598. The van der Waals surface area contributed by atoms with Crippen LogP contribution in [-0.4, -0.2) is 32.7 Å². The van der Waals surface area contributed by atoms with Crippen LogP contribution in [0.3, 0.4) is 0 Å². The quantitative estimate of drug-likeness (QED) is 0.791. The zero-order chi connectivity index (χ0) is 13.3. The number of carbonyl (C=O) groups is 1. The fraction of sp³-hybridized carbons (Fsp3) is 0.200. The molecule has 1 amide bonds. The maximum absolute atomic E-state index is 11.3. The first kappa shape index (κ1) is 12.8. The lowest BCUT2D eigenvalue weighted by Crippen LogP contribution is -2.22. The van der Waals surface area contributed by atoms with Crippen molar-refractivity contribution < 1.29 is 4.79 Å². The van der Waals surface area contributed by atoms with Gasteiger partial charge in [0.1, 0.15) is 17.7 Å². The molecule has 18 heavy (non-hydrogen) atoms. The molecule has 0 spiro atoms. The average Bonchev–Trinajstić information content (AvgIpc) is 2.70. The molecule has 0 bridgehead atoms. The first-order valence-electron chi connectivity index (χ1n) is 4.96. The van der Waals surface area contributed by atoms with Crippen LogP contribution in [0, 0.1) is 0 Å². The van der Waals surface area contributed by atoms with Crippen LogP contribution in [0.5, 0.6) is 0 Å². The van der Waals surface area contributed by atoms with Crippen LogP contribution < -0.4 is 4.90 Å². The number of halogens is 2. The molecule has 0 radical (unpaired) electrons. The largest absolute Gasteiger partial charge is 0.312 e. The minimum absolute atomic E-state index is 0.146. The Morgan fingerprint density at radius 1 is 1.39 bits per heavy atom. The van der Waals surface area contributed by atoms with E-state index in [4.69, 9.17) is 23.2 Å². The highest BCUT2D eigenvalue weighted by molar-refractivity contribution is 6.33. The van der Waals surface area contributed by atoms with Crippen LogP contribution in [0.1, 0.15) is 6.92 Å². The van der Waals surface area contributed by atoms with Crippen molar-refractivity contribution in [2.45, 2.75) is 6.92 Å². The minimum atomic E-state index is -0.146. The van der Waals surface area contributed by atoms with Gasteiger partial charge in [0.2, 0.25) is 5.91 Å². The standard InChI is InChI=1S/C10H9Cl2N5O/c1-6(18)16(2)8-4-17(15-10(8)12)7-3-13-5-14-9(7)11/h3-5H,1-2H3. The molecule has 6 nitrogen and oxygen atoms in total. The van der Waals surface area contributed by atoms with E-state index in [1.807, 2.05) is 0 Å². The molecule has 0 N–H and O–H groups in total. The van der Waals surface area contributed by atoms with Gasteiger partial charge >= 0.3 is 0 Å². The maximum Gasteiger partial charge on any atom is 0.223 e. The van der Waals surface area contributed by atoms with Crippen LogP contribution in [0.25, 0.3) is 5.69 Å². The first-order chi connectivity index (χ1) is 8.50. The smallest absolute Gasteiger partial charge is 0.223 e. The lowest BCUT2D eigenvalue weighted by atomic mass is 10.4. The molecule has 0 saturated heterocycles. The summed E-state index contributed by atoms with van der Waals surface area (Å²) in [6.45, 7) is 1.44. The molecule has 8 heteroatoms. The third kappa shape index (κ3) is 2.30. The highest BCUT2D eigenvalue weighted by Crippen LogP contribution is 2.26. The van der Waals surface area contributed by atoms with Crippen molar-refractivity contribution in [1.29, 1.82) is 0 Å². The predicted molar refractivity (Wildman–Crippen MR) is 68.3 cm³/mol. The van der Waals surface area contributed by atoms with Crippen molar-refractivity contribution in [2.24, 2.45) is 0 Å². The van der Waals surface area contributed by atoms with E-state index in [1.54, 1.807) is 13.2 Å². The van der Waals surface area contributed by atoms with Gasteiger partial charge in [-0.2, -0.15) is 5.10 Å². The Morgan fingerprint density at radius 2 is 2.11 bits per heavy atom. The molecule has 0 unspecified atom stereocenters. The van der Waals surface area contributed by atoms with Gasteiger partial charge in [0.15, 0.2) is 10.3 Å². The SMILES string of the molecule is CC(=O)N(C)c1cn(-c2cncnc2Cl)nc1Cl. The monoisotopic (exact) mass is 285 g/mol. The third-order valence-electron chi connectivity index (χ3n) is 2.38. The van der Waals surface area contributed by atoms with Gasteiger partial charge in [-0.15, -0.1) is 0 Å². The van der Waals surface area contributed by atoms with Gasteiger partial charge in [-0.1, -0.05) is 23.2 Å². The van der Waals surface area contributed by atoms with Gasteiger partial charge < -0.3 is 4.90 Å². The fourth-order valence-corrected chi connectivity index (χ4v) is 1.76. The van der Waals surface area contributed by atoms with Crippen molar-refractivity contribution in [2.75, 3.05) is 11.9 Å². The molecule has 2 heterocycles. The van der Waals surface area contributed by atoms with Gasteiger partial charge in [0, 0.05) is 14.0 Å². The number of amides is 1. The topological polar surface area (TPSA) is 63.9 Å². The molecule has 0 aliphatic carbocycles. The molecular formula is C10H9Cl2N5O. The number of rotatable bonds is 2. The summed E-state index contributed by atoms with van der Waals surface area (Å²) in [5, 5.41) is 4.52. The number of carbonyl (C=O) groups excluding carboxylic acids is 1. The van der Waals surface area contributed by atoms with Crippen LogP contribution in [0.4, 0.5) is 5.69 Å². The van der Waals surface area contributed by atoms with Gasteiger partial charge in [-0.25, -0.2) is 14.6 Å². The van der Waals surface area contributed by atoms with Crippen molar-refractivity contribution >= 4 is 34.8 Å². The summed E-state index contributed by atoms with van der Waals surface area (Å²) in [5.74, 6) is -0.146. The summed E-state index contributed by atoms with van der Waals surface area (Å²) in [6, 6.07) is 0. The van der Waals surface area contributed by atoms with E-state index >= 15 is 0 Å². The molecule has 94 valence electrons. The van der Waals surface area contributed by atoms with Crippen LogP contribution in [0.2, 0.25) is 10.3 Å². The van der Waals surface area contributed by atoms with E-state index in [9.17, 15) is 4.79 Å². The summed E-state index contributed by atoms with van der Waals surface area (Å²) in [5.41, 5.74) is 0.980. The summed E-state index contributed by atoms with van der Waals surface area (Å²) in [6.07, 6.45) is 4.43. The predicted octanol–water partition coefficient (Wildman–Crippen LogP) is 1.95. The lowest BCUT2D eigenvalue weighted by molar-refractivity contribution is -0.116. The third-order valence-corrected chi connectivity index (χ3v) is 2.94. The van der Waals surface area contributed by atoms with Crippen molar-refractivity contribution in [3.05, 3.63) is 29.0 Å². The van der Waals surface area contributed by atoms with Crippen LogP contribution in [0.15, 0.2) is 18.7 Å². The second-order valence-corrected chi connectivity index (χ2v) is 4.24. The van der Waals surface area contributed by atoms with Crippen molar-refractivity contribution in [3.8, 4) is 5.69 Å². The van der Waals surface area contributed by atoms with Gasteiger partial charge in [0.25, 0.3) is 0 Å². The molecule has 0 aliphatic rings. The Morgan fingerprint density at radius 3 is 2.72 bits per heavy atom. The second kappa shape index (κ2) is 4.91. The zero-order valence-electron chi connectivity index (χ0n) is 9.63. The molecule has 0 aromatic carbocycles. The molecule has 2 aromatic heterocycles. The fourth-order valence-electron chi connectivity index (χ4n) is 1.32. The number of nitrogens with zero attached hydrogens (tertiary/aromatic N) is 5. The van der Waals surface area contributed by atoms with E-state index in [0.717, 1.165) is 0 Å². The van der Waals surface area contributed by atoms with E-state index in [2.05, 4.69) is 15.1 Å². The Hall–Kier alpha value is -1.66. The van der Waals surface area contributed by atoms with E-state index < -0.39 is 0 Å². The van der Waals surface area contributed by atoms with E-state index in [-0.39, 0.29) is 16.2 Å². The number of hydrogen-bond acceptors (Lipinski definition) is 4. The molecule has 0 fully saturated rings. The first-order valence-corrected chi connectivity index (χ1v) is 5.71. The maximum atomic E-state index is 11.3. The van der Waals surface area contributed by atoms with Gasteiger partial charge in [-0.3, -0.25) is 4.79 Å². The number of anilines is 1. The average molecular weight is 286 g/mol. The number of hydrogen-bond donors (Lipinski definition) is 0. The summed E-state index contributed by atoms with van der Waals surface area (Å²) >= 11 is 11.9. The molecule has 0 aliphatic heterocycles. The van der Waals surface area contributed by atoms with E-state index in [0.29, 0.717) is 11.4 Å². The summed E-state index contributed by atoms with van der Waals surface area (Å²) in [7, 11) is 1.61. The molecule has 2 aromatic rings.